The molecular weight excluding hydrogens is 452 g/mol. The molecule has 1 aliphatic heterocycles. The van der Waals surface area contributed by atoms with E-state index in [1.165, 1.54) is 4.90 Å². The molecule has 1 unspecified atom stereocenters. The van der Waals surface area contributed by atoms with Gasteiger partial charge in [-0.1, -0.05) is 31.5 Å². The first kappa shape index (κ1) is 23.5. The van der Waals surface area contributed by atoms with E-state index in [4.69, 9.17) is 16.3 Å². The summed E-state index contributed by atoms with van der Waals surface area (Å²) in [6.45, 7) is 6.47. The minimum absolute atomic E-state index is 0.00595. The summed E-state index contributed by atoms with van der Waals surface area (Å²) in [5.74, 6) is -0.715. The van der Waals surface area contributed by atoms with Crippen LogP contribution >= 0.6 is 11.6 Å². The number of nitrogens with zero attached hydrogens (tertiary/aromatic N) is 2. The number of carbonyl (C=O) groups excluding carboxylic acids is 2. The lowest BCUT2D eigenvalue weighted by atomic mass is 9.95. The third kappa shape index (κ3) is 4.41. The van der Waals surface area contributed by atoms with Gasteiger partial charge in [0, 0.05) is 28.7 Å². The third-order valence-electron chi connectivity index (χ3n) is 5.68. The molecular formula is C27H25ClN2O4. The van der Waals surface area contributed by atoms with Gasteiger partial charge >= 0.3 is 0 Å². The highest BCUT2D eigenvalue weighted by Gasteiger charge is 2.47. The van der Waals surface area contributed by atoms with Gasteiger partial charge in [0.05, 0.1) is 18.2 Å². The van der Waals surface area contributed by atoms with E-state index in [-0.39, 0.29) is 11.3 Å². The van der Waals surface area contributed by atoms with Gasteiger partial charge < -0.3 is 9.84 Å². The van der Waals surface area contributed by atoms with E-state index in [0.29, 0.717) is 45.7 Å². The molecule has 6 nitrogen and oxygen atoms in total. The highest BCUT2D eigenvalue weighted by Crippen LogP contribution is 2.43. The molecule has 2 aromatic carbocycles. The molecule has 1 amide bonds. The fraction of sp³-hybridized carbons (Fsp3) is 0.222. The maximum atomic E-state index is 13.3. The molecule has 1 aliphatic rings. The van der Waals surface area contributed by atoms with Crippen LogP contribution in [0, 0.1) is 12.8 Å². The van der Waals surface area contributed by atoms with Crippen LogP contribution in [0.4, 0.5) is 5.69 Å². The monoisotopic (exact) mass is 476 g/mol. The van der Waals surface area contributed by atoms with Gasteiger partial charge in [0.1, 0.15) is 11.5 Å². The minimum atomic E-state index is -0.836. The fourth-order valence-electron chi connectivity index (χ4n) is 3.93. The number of amides is 1. The molecule has 0 saturated carbocycles. The van der Waals surface area contributed by atoms with Gasteiger partial charge in [-0.15, -0.1) is 0 Å². The van der Waals surface area contributed by atoms with Crippen molar-refractivity contribution in [1.29, 1.82) is 0 Å². The number of benzene rings is 2. The lowest BCUT2D eigenvalue weighted by Gasteiger charge is -2.27. The number of Topliss-reactive ketones (excluding diaryl/α,β-unsaturated/α-hetero) is 1. The number of hydrogen-bond donors (Lipinski definition) is 1. The molecule has 3 aromatic rings. The van der Waals surface area contributed by atoms with Crippen molar-refractivity contribution in [1.82, 2.24) is 4.98 Å². The van der Waals surface area contributed by atoms with Crippen LogP contribution in [0.15, 0.2) is 72.6 Å². The molecule has 1 N–H and O–H groups in total. The maximum absolute atomic E-state index is 13.3. The highest BCUT2D eigenvalue weighted by atomic mass is 35.5. The first-order valence-electron chi connectivity index (χ1n) is 11.0. The molecule has 4 rings (SSSR count). The molecule has 1 aromatic heterocycles. The first-order valence-corrected chi connectivity index (χ1v) is 11.4. The number of aliphatic hydroxyl groups is 1. The van der Waals surface area contributed by atoms with E-state index in [1.54, 1.807) is 73.9 Å². The fourth-order valence-corrected chi connectivity index (χ4v) is 4.10. The molecule has 1 fully saturated rings. The summed E-state index contributed by atoms with van der Waals surface area (Å²) in [5, 5.41) is 11.7. The van der Waals surface area contributed by atoms with E-state index in [0.717, 1.165) is 0 Å². The number of aromatic nitrogens is 1. The molecule has 34 heavy (non-hydrogen) atoms. The summed E-state index contributed by atoms with van der Waals surface area (Å²) in [7, 11) is 0. The van der Waals surface area contributed by atoms with Crippen molar-refractivity contribution in [3.63, 3.8) is 0 Å². The van der Waals surface area contributed by atoms with Crippen LogP contribution < -0.4 is 9.64 Å². The predicted molar refractivity (Wildman–Crippen MR) is 132 cm³/mol. The van der Waals surface area contributed by atoms with Crippen molar-refractivity contribution in [3.05, 3.63) is 94.3 Å². The van der Waals surface area contributed by atoms with Crippen LogP contribution in [-0.2, 0) is 9.59 Å². The number of pyridine rings is 1. The standard InChI is InChI=1S/C27H25ClN2O4/c1-16(2)15-34-20-9-7-19(8-10-20)25(31)23-24(18-11-13-29-14-12-18)30(27(33)26(23)32)22-6-4-5-21(28)17(22)3/h4-14,16,24,31H,15H2,1-3H3/b25-23+. The van der Waals surface area contributed by atoms with Crippen LogP contribution in [0.1, 0.15) is 36.6 Å². The topological polar surface area (TPSA) is 79.7 Å². The Labute approximate surface area is 203 Å². The summed E-state index contributed by atoms with van der Waals surface area (Å²) in [6, 6.07) is 14.6. The van der Waals surface area contributed by atoms with E-state index in [1.807, 2.05) is 0 Å². The quantitative estimate of drug-likeness (QED) is 0.280. The molecule has 174 valence electrons. The van der Waals surface area contributed by atoms with Gasteiger partial charge in [0.2, 0.25) is 0 Å². The van der Waals surface area contributed by atoms with Gasteiger partial charge in [-0.25, -0.2) is 0 Å². The van der Waals surface area contributed by atoms with Crippen LogP contribution in [0.3, 0.4) is 0 Å². The second kappa shape index (κ2) is 9.69. The number of aliphatic hydroxyl groups excluding tert-OH is 1. The Balaban J connectivity index is 1.83. The summed E-state index contributed by atoms with van der Waals surface area (Å²) in [5.41, 5.74) is 2.24. The van der Waals surface area contributed by atoms with Crippen LogP contribution in [0.25, 0.3) is 5.76 Å². The average Bonchev–Trinajstić information content (AvgIpc) is 3.10. The molecule has 2 heterocycles. The Morgan fingerprint density at radius 3 is 2.41 bits per heavy atom. The smallest absolute Gasteiger partial charge is 0.300 e. The Hall–Kier alpha value is -3.64. The maximum Gasteiger partial charge on any atom is 0.300 e. The molecule has 7 heteroatoms. The number of rotatable bonds is 6. The predicted octanol–water partition coefficient (Wildman–Crippen LogP) is 5.70. The summed E-state index contributed by atoms with van der Waals surface area (Å²) < 4.78 is 5.71. The van der Waals surface area contributed by atoms with Crippen molar-refractivity contribution in [3.8, 4) is 5.75 Å². The minimum Gasteiger partial charge on any atom is -0.507 e. The summed E-state index contributed by atoms with van der Waals surface area (Å²) in [4.78, 5) is 31.9. The van der Waals surface area contributed by atoms with Gasteiger partial charge in [0.15, 0.2) is 0 Å². The zero-order valence-corrected chi connectivity index (χ0v) is 19.9. The number of hydrogen-bond acceptors (Lipinski definition) is 5. The second-order valence-electron chi connectivity index (χ2n) is 8.56. The molecule has 0 aliphatic carbocycles. The van der Waals surface area contributed by atoms with E-state index in [9.17, 15) is 14.7 Å². The highest BCUT2D eigenvalue weighted by molar-refractivity contribution is 6.52. The normalized spacial score (nSPS) is 17.4. The first-order chi connectivity index (χ1) is 16.3. The number of ketones is 1. The number of carbonyl (C=O) groups is 2. The average molecular weight is 477 g/mol. The second-order valence-corrected chi connectivity index (χ2v) is 8.97. The number of halogens is 1. The van der Waals surface area contributed by atoms with Crippen molar-refractivity contribution >= 4 is 34.7 Å². The lowest BCUT2D eigenvalue weighted by molar-refractivity contribution is -0.132. The molecule has 0 bridgehead atoms. The van der Waals surface area contributed by atoms with Gasteiger partial charge in [0.25, 0.3) is 11.7 Å². The zero-order valence-electron chi connectivity index (χ0n) is 19.2. The Morgan fingerprint density at radius 1 is 1.09 bits per heavy atom. The molecule has 0 radical (unpaired) electrons. The Bertz CT molecular complexity index is 1250. The van der Waals surface area contributed by atoms with E-state index in [2.05, 4.69) is 18.8 Å². The van der Waals surface area contributed by atoms with E-state index >= 15 is 0 Å². The Kier molecular flexibility index (Phi) is 6.70. The van der Waals surface area contributed by atoms with Crippen molar-refractivity contribution < 1.29 is 19.4 Å². The van der Waals surface area contributed by atoms with Crippen molar-refractivity contribution in [2.75, 3.05) is 11.5 Å². The van der Waals surface area contributed by atoms with Crippen LogP contribution in [-0.4, -0.2) is 28.4 Å². The Morgan fingerprint density at radius 2 is 1.76 bits per heavy atom. The molecule has 1 atom stereocenters. The van der Waals surface area contributed by atoms with Gasteiger partial charge in [-0.2, -0.15) is 0 Å². The van der Waals surface area contributed by atoms with Crippen LogP contribution in [0.2, 0.25) is 5.02 Å². The molecule has 1 saturated heterocycles. The SMILES string of the molecule is Cc1c(Cl)cccc1N1C(=O)C(=O)/C(=C(/O)c2ccc(OCC(C)C)cc2)C1c1ccncc1. The third-order valence-corrected chi connectivity index (χ3v) is 6.09. The largest absolute Gasteiger partial charge is 0.507 e. The zero-order chi connectivity index (χ0) is 24.4. The number of anilines is 1. The van der Waals surface area contributed by atoms with Crippen LogP contribution in [0.5, 0.6) is 5.75 Å². The van der Waals surface area contributed by atoms with Crippen molar-refractivity contribution in [2.24, 2.45) is 5.92 Å². The summed E-state index contributed by atoms with van der Waals surface area (Å²) in [6.07, 6.45) is 3.17. The summed E-state index contributed by atoms with van der Waals surface area (Å²) >= 11 is 6.32. The lowest BCUT2D eigenvalue weighted by Crippen LogP contribution is -2.30. The van der Waals surface area contributed by atoms with Gasteiger partial charge in [-0.3, -0.25) is 19.5 Å². The van der Waals surface area contributed by atoms with Gasteiger partial charge in [-0.05, 0) is 72.5 Å². The van der Waals surface area contributed by atoms with Crippen molar-refractivity contribution in [2.45, 2.75) is 26.8 Å². The molecule has 0 spiro atoms. The van der Waals surface area contributed by atoms with E-state index < -0.39 is 17.7 Å². The number of ether oxygens (including phenoxy) is 1.